The van der Waals surface area contributed by atoms with Crippen LogP contribution < -0.4 is 0 Å². The number of esters is 1. The van der Waals surface area contributed by atoms with Crippen LogP contribution in [0, 0.1) is 0 Å². The second-order valence-electron chi connectivity index (χ2n) is 7.68. The number of nitrogens with zero attached hydrogens (tertiary/aromatic N) is 1. The van der Waals surface area contributed by atoms with E-state index < -0.39 is 29.0 Å². The van der Waals surface area contributed by atoms with Gasteiger partial charge in [0.2, 0.25) is 0 Å². The van der Waals surface area contributed by atoms with Gasteiger partial charge in [-0.05, 0) is 55.4 Å². The summed E-state index contributed by atoms with van der Waals surface area (Å²) in [4.78, 5) is 25.4. The highest BCUT2D eigenvalue weighted by atomic mass is 16.6. The Balaban J connectivity index is 4.99. The molecular weight excluding hydrogens is 298 g/mol. The van der Waals surface area contributed by atoms with Gasteiger partial charge in [-0.15, -0.1) is 0 Å². The Morgan fingerprint density at radius 1 is 0.913 bits per heavy atom. The van der Waals surface area contributed by atoms with Gasteiger partial charge in [-0.1, -0.05) is 6.08 Å². The highest BCUT2D eigenvalue weighted by Crippen LogP contribution is 2.19. The number of carbonyl (C=O) groups is 2. The number of carbonyl (C=O) groups excluding carboxylic acids is 2. The Hall–Kier alpha value is -1.56. The molecule has 0 heterocycles. The maximum absolute atomic E-state index is 12.3. The van der Waals surface area contributed by atoms with Gasteiger partial charge in [-0.2, -0.15) is 0 Å². The van der Waals surface area contributed by atoms with E-state index in [1.165, 1.54) is 18.1 Å². The number of hydrogen-bond acceptors (Lipinski definition) is 5. The summed E-state index contributed by atoms with van der Waals surface area (Å²) in [6.45, 7) is 14.4. The molecule has 134 valence electrons. The molecule has 0 radical (unpaired) electrons. The molecule has 0 aliphatic carbocycles. The van der Waals surface area contributed by atoms with Crippen LogP contribution in [0.25, 0.3) is 0 Å². The summed E-state index contributed by atoms with van der Waals surface area (Å²) in [5, 5.41) is 0. The van der Waals surface area contributed by atoms with Gasteiger partial charge in [-0.3, -0.25) is 4.90 Å². The van der Waals surface area contributed by atoms with Crippen molar-refractivity contribution < 1.29 is 23.8 Å². The van der Waals surface area contributed by atoms with E-state index in [4.69, 9.17) is 14.2 Å². The zero-order valence-electron chi connectivity index (χ0n) is 15.9. The molecule has 0 saturated carbocycles. The van der Waals surface area contributed by atoms with E-state index in [-0.39, 0.29) is 6.54 Å². The van der Waals surface area contributed by atoms with Crippen molar-refractivity contribution in [2.24, 2.45) is 0 Å². The van der Waals surface area contributed by atoms with E-state index in [2.05, 4.69) is 0 Å². The Morgan fingerprint density at radius 2 is 1.39 bits per heavy atom. The predicted octanol–water partition coefficient (Wildman–Crippen LogP) is 3.50. The van der Waals surface area contributed by atoms with Crippen LogP contribution in [0.1, 0.15) is 55.4 Å². The van der Waals surface area contributed by atoms with Crippen molar-refractivity contribution in [3.05, 3.63) is 12.2 Å². The Bertz CT molecular complexity index is 441. The zero-order chi connectivity index (χ0) is 18.5. The van der Waals surface area contributed by atoms with Gasteiger partial charge < -0.3 is 14.2 Å². The lowest BCUT2D eigenvalue weighted by atomic mass is 10.2. The van der Waals surface area contributed by atoms with Crippen LogP contribution >= 0.6 is 0 Å². The monoisotopic (exact) mass is 329 g/mol. The lowest BCUT2D eigenvalue weighted by Gasteiger charge is -2.37. The van der Waals surface area contributed by atoms with E-state index in [0.29, 0.717) is 0 Å². The highest BCUT2D eigenvalue weighted by Gasteiger charge is 2.33. The molecular formula is C17H31NO5. The third-order valence-corrected chi connectivity index (χ3v) is 2.71. The largest absolute Gasteiger partial charge is 0.457 e. The smallest absolute Gasteiger partial charge is 0.412 e. The second kappa shape index (κ2) is 7.81. The summed E-state index contributed by atoms with van der Waals surface area (Å²) >= 11 is 0. The molecule has 0 unspecified atom stereocenters. The first-order valence-corrected chi connectivity index (χ1v) is 7.63. The molecule has 0 aromatic heterocycles. The molecule has 0 aromatic rings. The summed E-state index contributed by atoms with van der Waals surface area (Å²) in [5.41, 5.74) is -2.05. The van der Waals surface area contributed by atoms with Gasteiger partial charge >= 0.3 is 12.1 Å². The molecule has 23 heavy (non-hydrogen) atoms. The summed E-state index contributed by atoms with van der Waals surface area (Å²) in [6.07, 6.45) is 2.34. The van der Waals surface area contributed by atoms with Crippen LogP contribution in [-0.2, 0) is 19.0 Å². The fourth-order valence-electron chi connectivity index (χ4n) is 1.53. The van der Waals surface area contributed by atoms with Gasteiger partial charge in [0.25, 0.3) is 0 Å². The summed E-state index contributed by atoms with van der Waals surface area (Å²) in [6, 6.07) is 0. The molecule has 6 heteroatoms. The van der Waals surface area contributed by atoms with E-state index in [1.54, 1.807) is 61.5 Å². The van der Waals surface area contributed by atoms with Crippen molar-refractivity contribution in [1.29, 1.82) is 0 Å². The SMILES string of the molecule is COC(C)(C)N(C/C=C/C(=O)OC(C)(C)C)C(=O)OC(C)(C)C. The Labute approximate surface area is 139 Å². The zero-order valence-corrected chi connectivity index (χ0v) is 15.9. The van der Waals surface area contributed by atoms with E-state index in [0.717, 1.165) is 0 Å². The fourth-order valence-corrected chi connectivity index (χ4v) is 1.53. The number of ether oxygens (including phenoxy) is 3. The molecule has 0 rings (SSSR count). The second-order valence-corrected chi connectivity index (χ2v) is 7.68. The molecule has 0 aliphatic rings. The number of rotatable bonds is 5. The van der Waals surface area contributed by atoms with Crippen molar-refractivity contribution in [3.63, 3.8) is 0 Å². The first-order chi connectivity index (χ1) is 10.2. The third kappa shape index (κ3) is 9.23. The number of methoxy groups -OCH3 is 1. The lowest BCUT2D eigenvalue weighted by Crippen LogP contribution is -2.50. The van der Waals surface area contributed by atoms with Crippen LogP contribution in [0.5, 0.6) is 0 Å². The fraction of sp³-hybridized carbons (Fsp3) is 0.765. The van der Waals surface area contributed by atoms with E-state index in [1.807, 2.05) is 0 Å². The summed E-state index contributed by atoms with van der Waals surface area (Å²) in [5.74, 6) is -0.461. The van der Waals surface area contributed by atoms with Crippen LogP contribution in [0.4, 0.5) is 4.79 Å². The molecule has 0 bridgehead atoms. The van der Waals surface area contributed by atoms with E-state index in [9.17, 15) is 9.59 Å². The topological polar surface area (TPSA) is 65.1 Å². The standard InChI is InChI=1S/C17H31NO5/c1-15(2,3)22-13(19)11-10-12-18(17(7,8)21-9)14(20)23-16(4,5)6/h10-11H,12H2,1-9H3/b11-10+. The molecule has 0 aromatic carbocycles. The maximum atomic E-state index is 12.3. The van der Waals surface area contributed by atoms with Crippen molar-refractivity contribution in [1.82, 2.24) is 4.90 Å². The van der Waals surface area contributed by atoms with E-state index >= 15 is 0 Å². The minimum atomic E-state index is -0.874. The van der Waals surface area contributed by atoms with Crippen molar-refractivity contribution >= 4 is 12.1 Å². The van der Waals surface area contributed by atoms with Gasteiger partial charge in [0.15, 0.2) is 0 Å². The van der Waals surface area contributed by atoms with Gasteiger partial charge in [-0.25, -0.2) is 9.59 Å². The van der Waals surface area contributed by atoms with Gasteiger partial charge in [0, 0.05) is 19.7 Å². The average Bonchev–Trinajstić information content (AvgIpc) is 2.29. The molecule has 0 aliphatic heterocycles. The number of amides is 1. The summed E-state index contributed by atoms with van der Waals surface area (Å²) < 4.78 is 15.9. The van der Waals surface area contributed by atoms with Gasteiger partial charge in [0.1, 0.15) is 16.9 Å². The van der Waals surface area contributed by atoms with Crippen molar-refractivity contribution in [3.8, 4) is 0 Å². The minimum absolute atomic E-state index is 0.162. The maximum Gasteiger partial charge on any atom is 0.412 e. The molecule has 0 spiro atoms. The minimum Gasteiger partial charge on any atom is -0.457 e. The molecule has 0 atom stereocenters. The first-order valence-electron chi connectivity index (χ1n) is 7.63. The molecule has 0 saturated heterocycles. The quantitative estimate of drug-likeness (QED) is 0.439. The molecule has 1 amide bonds. The van der Waals surface area contributed by atoms with Crippen LogP contribution in [0.3, 0.4) is 0 Å². The average molecular weight is 329 g/mol. The van der Waals surface area contributed by atoms with Crippen LogP contribution in [0.15, 0.2) is 12.2 Å². The normalized spacial score (nSPS) is 13.1. The molecule has 0 fully saturated rings. The molecule has 0 N–H and O–H groups in total. The third-order valence-electron chi connectivity index (χ3n) is 2.71. The number of hydrogen-bond donors (Lipinski definition) is 0. The molecule has 6 nitrogen and oxygen atoms in total. The first kappa shape index (κ1) is 21.4. The summed E-state index contributed by atoms with van der Waals surface area (Å²) in [7, 11) is 1.51. The van der Waals surface area contributed by atoms with Crippen molar-refractivity contribution in [2.75, 3.05) is 13.7 Å². The van der Waals surface area contributed by atoms with Crippen LogP contribution in [0.2, 0.25) is 0 Å². The van der Waals surface area contributed by atoms with Crippen LogP contribution in [-0.4, -0.2) is 47.5 Å². The Kier molecular flexibility index (Phi) is 7.28. The highest BCUT2D eigenvalue weighted by molar-refractivity contribution is 5.82. The van der Waals surface area contributed by atoms with Gasteiger partial charge in [0.05, 0.1) is 0 Å². The lowest BCUT2D eigenvalue weighted by molar-refractivity contribution is -0.148. The predicted molar refractivity (Wildman–Crippen MR) is 89.0 cm³/mol. The Morgan fingerprint density at radius 3 is 1.78 bits per heavy atom. The van der Waals surface area contributed by atoms with Crippen molar-refractivity contribution in [2.45, 2.75) is 72.3 Å².